The monoisotopic (exact) mass is 366 g/mol. The highest BCUT2D eigenvalue weighted by molar-refractivity contribution is 7.89. The first kappa shape index (κ1) is 18.2. The fourth-order valence-electron chi connectivity index (χ4n) is 4.10. The van der Waals surface area contributed by atoms with Crippen molar-refractivity contribution < 1.29 is 17.9 Å². The summed E-state index contributed by atoms with van der Waals surface area (Å²) in [5.74, 6) is 0.594. The third-order valence-corrected chi connectivity index (χ3v) is 7.83. The summed E-state index contributed by atoms with van der Waals surface area (Å²) >= 11 is 0. The van der Waals surface area contributed by atoms with Gasteiger partial charge in [0.15, 0.2) is 0 Å². The zero-order valence-corrected chi connectivity index (χ0v) is 16.3. The smallest absolute Gasteiger partial charge is 0.244 e. The van der Waals surface area contributed by atoms with Gasteiger partial charge < -0.3 is 9.64 Å². The Hall–Kier alpha value is -1.60. The molecule has 2 heterocycles. The average Bonchev–Trinajstić information content (AvgIpc) is 3.02. The van der Waals surface area contributed by atoms with Crippen LogP contribution in [0.1, 0.15) is 36.5 Å². The summed E-state index contributed by atoms with van der Waals surface area (Å²) in [6.45, 7) is 8.24. The molecule has 0 aromatic heterocycles. The molecule has 1 amide bonds. The van der Waals surface area contributed by atoms with E-state index >= 15 is 0 Å². The van der Waals surface area contributed by atoms with Crippen LogP contribution in [0.2, 0.25) is 0 Å². The number of hydrogen-bond acceptors (Lipinski definition) is 4. The van der Waals surface area contributed by atoms with Crippen molar-refractivity contribution in [1.29, 1.82) is 0 Å². The largest absolute Gasteiger partial charge is 0.496 e. The van der Waals surface area contributed by atoms with Gasteiger partial charge in [-0.05, 0) is 63.3 Å². The maximum atomic E-state index is 13.4. The molecule has 0 saturated carbocycles. The lowest BCUT2D eigenvalue weighted by molar-refractivity contribution is -0.139. The van der Waals surface area contributed by atoms with Gasteiger partial charge in [0.2, 0.25) is 15.9 Å². The van der Waals surface area contributed by atoms with Gasteiger partial charge in [-0.15, -0.1) is 0 Å². The van der Waals surface area contributed by atoms with Crippen LogP contribution in [0.5, 0.6) is 5.75 Å². The Balaban J connectivity index is 2.08. The van der Waals surface area contributed by atoms with E-state index in [-0.39, 0.29) is 11.9 Å². The highest BCUT2D eigenvalue weighted by Gasteiger charge is 2.46. The molecule has 3 rings (SSSR count). The minimum absolute atomic E-state index is 0.00145. The molecule has 2 aliphatic heterocycles. The quantitative estimate of drug-likeness (QED) is 0.821. The molecular weight excluding hydrogens is 340 g/mol. The molecule has 2 aliphatic rings. The Labute approximate surface area is 149 Å². The van der Waals surface area contributed by atoms with Crippen molar-refractivity contribution in [2.24, 2.45) is 0 Å². The van der Waals surface area contributed by atoms with E-state index in [1.165, 1.54) is 4.31 Å². The minimum Gasteiger partial charge on any atom is -0.496 e. The first-order valence-corrected chi connectivity index (χ1v) is 10.1. The second-order valence-corrected chi connectivity index (χ2v) is 8.88. The van der Waals surface area contributed by atoms with Crippen LogP contribution in [0.4, 0.5) is 0 Å². The summed E-state index contributed by atoms with van der Waals surface area (Å²) in [7, 11) is -2.18. The number of fused-ring (bicyclic) bond motifs is 1. The molecule has 0 bridgehead atoms. The number of carbonyl (C=O) groups is 1. The molecule has 1 aromatic carbocycles. The third kappa shape index (κ3) is 2.73. The fourth-order valence-corrected chi connectivity index (χ4v) is 6.21. The molecule has 2 fully saturated rings. The van der Waals surface area contributed by atoms with Crippen LogP contribution >= 0.6 is 0 Å². The summed E-state index contributed by atoms with van der Waals surface area (Å²) in [6, 6.07) is 1.09. The van der Waals surface area contributed by atoms with Gasteiger partial charge in [-0.2, -0.15) is 4.31 Å². The van der Waals surface area contributed by atoms with Crippen LogP contribution in [-0.2, 0) is 14.8 Å². The van der Waals surface area contributed by atoms with Crippen molar-refractivity contribution in [3.63, 3.8) is 0 Å². The summed E-state index contributed by atoms with van der Waals surface area (Å²) in [6.07, 6.45) is 1.81. The number of ether oxygens (including phenoxy) is 1. The average molecular weight is 366 g/mol. The summed E-state index contributed by atoms with van der Waals surface area (Å²) in [4.78, 5) is 14.8. The summed E-state index contributed by atoms with van der Waals surface area (Å²) in [5.41, 5.74) is 2.14. The fraction of sp³-hybridized carbons (Fsp3) is 0.611. The normalized spacial score (nSPS) is 24.5. The first-order valence-electron chi connectivity index (χ1n) is 8.67. The van der Waals surface area contributed by atoms with E-state index in [1.807, 2.05) is 11.8 Å². The molecule has 2 atom stereocenters. The molecule has 2 saturated heterocycles. The van der Waals surface area contributed by atoms with Gasteiger partial charge in [0, 0.05) is 19.1 Å². The molecule has 138 valence electrons. The van der Waals surface area contributed by atoms with E-state index in [0.717, 1.165) is 24.9 Å². The number of nitrogens with zero attached hydrogens (tertiary/aromatic N) is 2. The maximum Gasteiger partial charge on any atom is 0.244 e. The van der Waals surface area contributed by atoms with Crippen LogP contribution in [0.25, 0.3) is 0 Å². The zero-order valence-electron chi connectivity index (χ0n) is 15.5. The number of carbonyl (C=O) groups excluding carboxylic acids is 1. The molecule has 0 radical (unpaired) electrons. The van der Waals surface area contributed by atoms with Gasteiger partial charge in [-0.1, -0.05) is 0 Å². The number of benzene rings is 1. The summed E-state index contributed by atoms with van der Waals surface area (Å²) < 4.78 is 33.6. The highest BCUT2D eigenvalue weighted by Crippen LogP contribution is 2.35. The van der Waals surface area contributed by atoms with Gasteiger partial charge in [-0.3, -0.25) is 4.79 Å². The van der Waals surface area contributed by atoms with Crippen LogP contribution in [0.15, 0.2) is 11.0 Å². The Bertz CT molecular complexity index is 819. The van der Waals surface area contributed by atoms with Crippen molar-refractivity contribution in [2.75, 3.05) is 20.2 Å². The SMILES string of the molecule is COc1cc(C)c(S(=O)(=O)N2C[C@H]3CCCN3C(=O)[C@@H]2C)c(C)c1C. The van der Waals surface area contributed by atoms with E-state index in [4.69, 9.17) is 4.74 Å². The predicted octanol–water partition coefficient (Wildman–Crippen LogP) is 2.00. The Morgan fingerprint density at radius 1 is 1.20 bits per heavy atom. The van der Waals surface area contributed by atoms with E-state index in [0.29, 0.717) is 28.3 Å². The molecule has 7 heteroatoms. The number of methoxy groups -OCH3 is 1. The van der Waals surface area contributed by atoms with Crippen LogP contribution in [-0.4, -0.2) is 55.8 Å². The third-order valence-electron chi connectivity index (χ3n) is 5.61. The number of amides is 1. The van der Waals surface area contributed by atoms with E-state index in [9.17, 15) is 13.2 Å². The van der Waals surface area contributed by atoms with Crippen molar-refractivity contribution in [3.05, 3.63) is 22.8 Å². The first-order chi connectivity index (χ1) is 11.7. The van der Waals surface area contributed by atoms with Gasteiger partial charge >= 0.3 is 0 Å². The molecule has 0 spiro atoms. The standard InChI is InChI=1S/C18H26N2O4S/c1-11-9-16(24-5)12(2)13(3)17(11)25(22,23)20-10-15-7-6-8-19(15)18(21)14(20)4/h9,14-15H,6-8,10H2,1-5H3/t14-,15+/m0/s1. The number of hydrogen-bond donors (Lipinski definition) is 0. The molecule has 0 N–H and O–H groups in total. The van der Waals surface area contributed by atoms with Crippen LogP contribution in [0, 0.1) is 20.8 Å². The number of piperazine rings is 1. The summed E-state index contributed by atoms with van der Waals surface area (Å²) in [5, 5.41) is 0. The lowest BCUT2D eigenvalue weighted by Crippen LogP contribution is -2.60. The minimum atomic E-state index is -3.76. The molecule has 0 unspecified atom stereocenters. The zero-order chi connectivity index (χ0) is 18.5. The van der Waals surface area contributed by atoms with Gasteiger partial charge in [0.25, 0.3) is 0 Å². The van der Waals surface area contributed by atoms with E-state index in [1.54, 1.807) is 33.9 Å². The van der Waals surface area contributed by atoms with Gasteiger partial charge in [-0.25, -0.2) is 8.42 Å². The lowest BCUT2D eigenvalue weighted by Gasteiger charge is -2.41. The number of aryl methyl sites for hydroxylation is 1. The molecular formula is C18H26N2O4S. The molecule has 0 aliphatic carbocycles. The van der Waals surface area contributed by atoms with Crippen LogP contribution in [0.3, 0.4) is 0 Å². The number of rotatable bonds is 3. The Kier molecular flexibility index (Phi) is 4.58. The van der Waals surface area contributed by atoms with Gasteiger partial charge in [0.1, 0.15) is 11.8 Å². The Morgan fingerprint density at radius 2 is 1.88 bits per heavy atom. The van der Waals surface area contributed by atoms with E-state index < -0.39 is 16.1 Å². The highest BCUT2D eigenvalue weighted by atomic mass is 32.2. The second-order valence-electron chi connectivity index (χ2n) is 7.05. The van der Waals surface area contributed by atoms with Crippen molar-refractivity contribution >= 4 is 15.9 Å². The topological polar surface area (TPSA) is 66.9 Å². The second kappa shape index (κ2) is 6.29. The van der Waals surface area contributed by atoms with Crippen LogP contribution < -0.4 is 4.74 Å². The number of sulfonamides is 1. The predicted molar refractivity (Wildman–Crippen MR) is 95.3 cm³/mol. The van der Waals surface area contributed by atoms with Crippen molar-refractivity contribution in [1.82, 2.24) is 9.21 Å². The maximum absolute atomic E-state index is 13.4. The molecule has 25 heavy (non-hydrogen) atoms. The van der Waals surface area contributed by atoms with Gasteiger partial charge in [0.05, 0.1) is 12.0 Å². The van der Waals surface area contributed by atoms with E-state index in [2.05, 4.69) is 0 Å². The lowest BCUT2D eigenvalue weighted by atomic mass is 10.1. The molecule has 6 nitrogen and oxygen atoms in total. The van der Waals surface area contributed by atoms with Crippen molar-refractivity contribution in [2.45, 2.75) is 57.5 Å². The van der Waals surface area contributed by atoms with Crippen molar-refractivity contribution in [3.8, 4) is 5.75 Å². The Morgan fingerprint density at radius 3 is 2.52 bits per heavy atom. The molecule has 1 aromatic rings.